The zero-order valence-electron chi connectivity index (χ0n) is 13.7. The minimum atomic E-state index is -0.997. The van der Waals surface area contributed by atoms with Crippen molar-refractivity contribution < 1.29 is 24.0 Å². The first-order valence-corrected chi connectivity index (χ1v) is 8.27. The number of piperidine rings is 1. The van der Waals surface area contributed by atoms with Gasteiger partial charge in [0, 0.05) is 19.5 Å². The van der Waals surface area contributed by atoms with Gasteiger partial charge >= 0.3 is 0 Å². The van der Waals surface area contributed by atoms with Crippen molar-refractivity contribution in [2.75, 3.05) is 18.0 Å². The summed E-state index contributed by atoms with van der Waals surface area (Å²) < 4.78 is 0. The van der Waals surface area contributed by atoms with Crippen LogP contribution in [-0.2, 0) is 14.4 Å². The Bertz CT molecular complexity index is 874. The van der Waals surface area contributed by atoms with Crippen molar-refractivity contribution in [1.29, 1.82) is 0 Å². The number of imide groups is 2. The van der Waals surface area contributed by atoms with Crippen LogP contribution in [-0.4, -0.2) is 53.6 Å². The van der Waals surface area contributed by atoms with Crippen LogP contribution in [0.3, 0.4) is 0 Å². The van der Waals surface area contributed by atoms with E-state index in [4.69, 9.17) is 5.73 Å². The quantitative estimate of drug-likeness (QED) is 0.669. The predicted octanol–water partition coefficient (Wildman–Crippen LogP) is -0.991. The molecular formula is C17H16N4O5. The maximum atomic E-state index is 12.9. The van der Waals surface area contributed by atoms with E-state index in [2.05, 4.69) is 5.32 Å². The summed E-state index contributed by atoms with van der Waals surface area (Å²) in [6.45, 7) is 0.761. The fourth-order valence-corrected chi connectivity index (χ4v) is 3.62. The number of nitrogens with two attached hydrogens (primary N) is 1. The summed E-state index contributed by atoms with van der Waals surface area (Å²) in [5.74, 6) is -2.85. The molecule has 0 radical (unpaired) electrons. The molecule has 9 nitrogen and oxygen atoms in total. The number of benzene rings is 1. The molecule has 1 unspecified atom stereocenters. The monoisotopic (exact) mass is 356 g/mol. The van der Waals surface area contributed by atoms with Crippen LogP contribution in [0.25, 0.3) is 0 Å². The van der Waals surface area contributed by atoms with Gasteiger partial charge in [-0.2, -0.15) is 0 Å². The van der Waals surface area contributed by atoms with Gasteiger partial charge < -0.3 is 10.6 Å². The summed E-state index contributed by atoms with van der Waals surface area (Å²) >= 11 is 0. The van der Waals surface area contributed by atoms with Crippen molar-refractivity contribution in [1.82, 2.24) is 10.2 Å². The van der Waals surface area contributed by atoms with Gasteiger partial charge in [-0.3, -0.25) is 34.2 Å². The third-order valence-corrected chi connectivity index (χ3v) is 5.07. The largest absolute Gasteiger partial charge is 0.369 e. The average Bonchev–Trinajstić information content (AvgIpc) is 2.78. The van der Waals surface area contributed by atoms with Crippen LogP contribution in [0.4, 0.5) is 5.69 Å². The Kier molecular flexibility index (Phi) is 3.53. The minimum Gasteiger partial charge on any atom is -0.369 e. The maximum absolute atomic E-state index is 12.9. The SMILES string of the molecule is NC(=O)C1CN(c2cccc3c2C(=O)N(C2CCC(=O)NC2=O)C3=O)C1. The number of nitrogens with zero attached hydrogens (tertiary/aromatic N) is 2. The highest BCUT2D eigenvalue weighted by Gasteiger charge is 2.47. The highest BCUT2D eigenvalue weighted by Crippen LogP contribution is 2.36. The van der Waals surface area contributed by atoms with Crippen molar-refractivity contribution in [2.24, 2.45) is 11.7 Å². The number of hydrogen-bond donors (Lipinski definition) is 2. The van der Waals surface area contributed by atoms with Crippen LogP contribution >= 0.6 is 0 Å². The molecule has 0 spiro atoms. The summed E-state index contributed by atoms with van der Waals surface area (Å²) in [6.07, 6.45) is 0.183. The van der Waals surface area contributed by atoms with E-state index < -0.39 is 35.6 Å². The highest BCUT2D eigenvalue weighted by atomic mass is 16.2. The van der Waals surface area contributed by atoms with Crippen LogP contribution in [0.1, 0.15) is 33.6 Å². The lowest BCUT2D eigenvalue weighted by Crippen LogP contribution is -2.54. The number of primary amides is 1. The second-order valence-electron chi connectivity index (χ2n) is 6.65. The van der Waals surface area contributed by atoms with Gasteiger partial charge in [0.2, 0.25) is 17.7 Å². The molecule has 1 aromatic rings. The second kappa shape index (κ2) is 5.65. The van der Waals surface area contributed by atoms with Crippen LogP contribution in [0.5, 0.6) is 0 Å². The number of amides is 5. The summed E-state index contributed by atoms with van der Waals surface area (Å²) in [6, 6.07) is 3.90. The lowest BCUT2D eigenvalue weighted by atomic mass is 9.96. The summed E-state index contributed by atoms with van der Waals surface area (Å²) in [7, 11) is 0. The normalized spacial score (nSPS) is 23.0. The number of rotatable bonds is 3. The van der Waals surface area contributed by atoms with Crippen LogP contribution < -0.4 is 16.0 Å². The van der Waals surface area contributed by atoms with E-state index in [9.17, 15) is 24.0 Å². The Morgan fingerprint density at radius 2 is 1.85 bits per heavy atom. The lowest BCUT2D eigenvalue weighted by molar-refractivity contribution is -0.136. The highest BCUT2D eigenvalue weighted by molar-refractivity contribution is 6.25. The Balaban J connectivity index is 1.65. The first kappa shape index (κ1) is 16.2. The topological polar surface area (TPSA) is 130 Å². The number of nitrogens with one attached hydrogen (secondary N) is 1. The number of anilines is 1. The molecule has 3 heterocycles. The second-order valence-corrected chi connectivity index (χ2v) is 6.65. The number of hydrogen-bond acceptors (Lipinski definition) is 6. The number of carbonyl (C=O) groups is 5. The Morgan fingerprint density at radius 1 is 1.12 bits per heavy atom. The van der Waals surface area contributed by atoms with Crippen LogP contribution in [0.2, 0.25) is 0 Å². The Morgan fingerprint density at radius 3 is 2.50 bits per heavy atom. The standard InChI is InChI=1S/C17H16N4O5/c18-14(23)8-6-20(7-8)10-3-1-2-9-13(10)17(26)21(16(9)25)11-4-5-12(22)19-15(11)24/h1-3,8,11H,4-7H2,(H2,18,23)(H,19,22,24). The summed E-state index contributed by atoms with van der Waals surface area (Å²) in [5.41, 5.74) is 6.28. The van der Waals surface area contributed by atoms with Gasteiger partial charge in [0.05, 0.1) is 22.7 Å². The smallest absolute Gasteiger partial charge is 0.264 e. The molecule has 1 atom stereocenters. The van der Waals surface area contributed by atoms with E-state index in [1.807, 2.05) is 4.90 Å². The fraction of sp³-hybridized carbons (Fsp3) is 0.353. The van der Waals surface area contributed by atoms with Gasteiger partial charge in [-0.25, -0.2) is 0 Å². The minimum absolute atomic E-state index is 0.0725. The van der Waals surface area contributed by atoms with Crippen LogP contribution in [0.15, 0.2) is 18.2 Å². The first-order valence-electron chi connectivity index (χ1n) is 8.27. The number of carbonyl (C=O) groups excluding carboxylic acids is 5. The molecule has 3 aliphatic heterocycles. The van der Waals surface area contributed by atoms with Crippen molar-refractivity contribution in [2.45, 2.75) is 18.9 Å². The first-order chi connectivity index (χ1) is 12.4. The van der Waals surface area contributed by atoms with E-state index in [1.54, 1.807) is 12.1 Å². The molecule has 0 aromatic heterocycles. The maximum Gasteiger partial charge on any atom is 0.264 e. The van der Waals surface area contributed by atoms with Crippen molar-refractivity contribution in [3.63, 3.8) is 0 Å². The third-order valence-electron chi connectivity index (χ3n) is 5.07. The van der Waals surface area contributed by atoms with E-state index in [1.165, 1.54) is 6.07 Å². The van der Waals surface area contributed by atoms with Gasteiger partial charge in [0.25, 0.3) is 11.8 Å². The zero-order chi connectivity index (χ0) is 18.6. The van der Waals surface area contributed by atoms with E-state index >= 15 is 0 Å². The van der Waals surface area contributed by atoms with E-state index in [0.717, 1.165) is 4.90 Å². The van der Waals surface area contributed by atoms with Crippen molar-refractivity contribution >= 4 is 35.2 Å². The molecule has 0 aliphatic carbocycles. The molecule has 0 bridgehead atoms. The molecule has 26 heavy (non-hydrogen) atoms. The van der Waals surface area contributed by atoms with Gasteiger partial charge in [-0.15, -0.1) is 0 Å². The molecule has 5 amide bonds. The van der Waals surface area contributed by atoms with Gasteiger partial charge in [-0.05, 0) is 18.6 Å². The van der Waals surface area contributed by atoms with Gasteiger partial charge in [0.15, 0.2) is 0 Å². The molecule has 2 saturated heterocycles. The van der Waals surface area contributed by atoms with Crippen molar-refractivity contribution in [3.8, 4) is 0 Å². The zero-order valence-corrected chi connectivity index (χ0v) is 13.7. The molecule has 134 valence electrons. The van der Waals surface area contributed by atoms with Gasteiger partial charge in [0.1, 0.15) is 6.04 Å². The molecule has 1 aromatic carbocycles. The molecule has 3 N–H and O–H groups in total. The van der Waals surface area contributed by atoms with E-state index in [0.29, 0.717) is 18.8 Å². The van der Waals surface area contributed by atoms with Gasteiger partial charge in [-0.1, -0.05) is 6.07 Å². The Labute approximate surface area is 148 Å². The van der Waals surface area contributed by atoms with Crippen molar-refractivity contribution in [3.05, 3.63) is 29.3 Å². The molecule has 2 fully saturated rings. The summed E-state index contributed by atoms with van der Waals surface area (Å²) in [5, 5.41) is 2.17. The third kappa shape index (κ3) is 2.27. The van der Waals surface area contributed by atoms with Crippen LogP contribution in [0, 0.1) is 5.92 Å². The summed E-state index contributed by atoms with van der Waals surface area (Å²) in [4.78, 5) is 63.1. The molecule has 3 aliphatic rings. The fourth-order valence-electron chi connectivity index (χ4n) is 3.62. The predicted molar refractivity (Wildman–Crippen MR) is 88.0 cm³/mol. The van der Waals surface area contributed by atoms with E-state index in [-0.39, 0.29) is 29.9 Å². The molecule has 4 rings (SSSR count). The molecule has 0 saturated carbocycles. The average molecular weight is 356 g/mol. The lowest BCUT2D eigenvalue weighted by Gasteiger charge is -2.40. The molecule has 9 heteroatoms. The molecular weight excluding hydrogens is 340 g/mol. The number of fused-ring (bicyclic) bond motifs is 1. The Hall–Kier alpha value is -3.23.